The molecule has 24 heavy (non-hydrogen) atoms. The molecule has 3 aromatic rings. The molecule has 0 saturated carbocycles. The van der Waals surface area contributed by atoms with E-state index in [4.69, 9.17) is 0 Å². The number of tetrazole rings is 1. The summed E-state index contributed by atoms with van der Waals surface area (Å²) in [7, 11) is 0. The van der Waals surface area contributed by atoms with Crippen LogP contribution in [0, 0.1) is 0 Å². The van der Waals surface area contributed by atoms with Crippen molar-refractivity contribution < 1.29 is 4.79 Å². The molecule has 0 spiro atoms. The van der Waals surface area contributed by atoms with Crippen LogP contribution in [0.3, 0.4) is 0 Å². The number of halogens is 1. The van der Waals surface area contributed by atoms with Crippen molar-refractivity contribution in [2.24, 2.45) is 0 Å². The van der Waals surface area contributed by atoms with E-state index in [-0.39, 0.29) is 12.5 Å². The largest absolute Gasteiger partial charge is 0.310 e. The molecule has 0 fully saturated rings. The summed E-state index contributed by atoms with van der Waals surface area (Å²) < 4.78 is 0.988. The minimum atomic E-state index is -0.0280. The van der Waals surface area contributed by atoms with Crippen LogP contribution in [0.15, 0.2) is 53.0 Å². The van der Waals surface area contributed by atoms with Gasteiger partial charge in [-0.3, -0.25) is 4.79 Å². The first-order valence-electron chi connectivity index (χ1n) is 7.63. The highest BCUT2D eigenvalue weighted by Crippen LogP contribution is 2.27. The average Bonchev–Trinajstić information content (AvgIpc) is 3.22. The predicted molar refractivity (Wildman–Crippen MR) is 93.5 cm³/mol. The lowest BCUT2D eigenvalue weighted by Crippen LogP contribution is -2.32. The maximum atomic E-state index is 12.6. The highest BCUT2D eigenvalue weighted by molar-refractivity contribution is 9.10. The number of amides is 1. The van der Waals surface area contributed by atoms with Gasteiger partial charge in [0.1, 0.15) is 6.54 Å². The third kappa shape index (κ3) is 2.82. The van der Waals surface area contributed by atoms with Crippen LogP contribution in [-0.4, -0.2) is 32.7 Å². The van der Waals surface area contributed by atoms with E-state index >= 15 is 0 Å². The zero-order chi connectivity index (χ0) is 16.5. The zero-order valence-corrected chi connectivity index (χ0v) is 14.3. The summed E-state index contributed by atoms with van der Waals surface area (Å²) in [4.78, 5) is 15.7. The van der Waals surface area contributed by atoms with E-state index < -0.39 is 0 Å². The first-order chi connectivity index (χ1) is 11.7. The van der Waals surface area contributed by atoms with Gasteiger partial charge in [0, 0.05) is 22.3 Å². The van der Waals surface area contributed by atoms with E-state index in [0.717, 1.165) is 22.1 Å². The van der Waals surface area contributed by atoms with Crippen LogP contribution in [0.4, 0.5) is 5.69 Å². The van der Waals surface area contributed by atoms with Crippen LogP contribution in [0.25, 0.3) is 11.4 Å². The first kappa shape index (κ1) is 15.0. The molecule has 0 N–H and O–H groups in total. The summed E-state index contributed by atoms with van der Waals surface area (Å²) in [6.45, 7) is 0.782. The van der Waals surface area contributed by atoms with Crippen molar-refractivity contribution in [3.05, 3.63) is 58.6 Å². The number of carbonyl (C=O) groups excluding carboxylic acids is 1. The van der Waals surface area contributed by atoms with E-state index in [1.165, 1.54) is 10.4 Å². The minimum Gasteiger partial charge on any atom is -0.310 e. The number of hydrogen-bond acceptors (Lipinski definition) is 4. The van der Waals surface area contributed by atoms with Crippen LogP contribution in [-0.2, 0) is 17.8 Å². The Morgan fingerprint density at radius 3 is 2.75 bits per heavy atom. The van der Waals surface area contributed by atoms with E-state index in [1.807, 2.05) is 42.5 Å². The SMILES string of the molecule is O=C(Cn1nnc(-c2ccc(Br)cc2)n1)N1CCc2ccccc21. The lowest BCUT2D eigenvalue weighted by molar-refractivity contribution is -0.119. The molecule has 2 aromatic carbocycles. The number of carbonyl (C=O) groups is 1. The predicted octanol–water partition coefficient (Wildman–Crippen LogP) is 2.69. The number of rotatable bonds is 3. The molecule has 4 rings (SSSR count). The molecule has 6 nitrogen and oxygen atoms in total. The van der Waals surface area contributed by atoms with Gasteiger partial charge in [-0.05, 0) is 47.5 Å². The quantitative estimate of drug-likeness (QED) is 0.697. The van der Waals surface area contributed by atoms with Gasteiger partial charge in [-0.1, -0.05) is 34.1 Å². The summed E-state index contributed by atoms with van der Waals surface area (Å²) in [5.74, 6) is 0.483. The molecule has 0 radical (unpaired) electrons. The van der Waals surface area contributed by atoms with Gasteiger partial charge < -0.3 is 4.90 Å². The van der Waals surface area contributed by atoms with Gasteiger partial charge >= 0.3 is 0 Å². The van der Waals surface area contributed by atoms with Crippen molar-refractivity contribution in [3.63, 3.8) is 0 Å². The van der Waals surface area contributed by atoms with E-state index in [2.05, 4.69) is 37.4 Å². The van der Waals surface area contributed by atoms with Crippen molar-refractivity contribution >= 4 is 27.5 Å². The molecule has 1 aliphatic rings. The van der Waals surface area contributed by atoms with Crippen molar-refractivity contribution in [3.8, 4) is 11.4 Å². The van der Waals surface area contributed by atoms with Crippen molar-refractivity contribution in [2.45, 2.75) is 13.0 Å². The Morgan fingerprint density at radius 1 is 1.12 bits per heavy atom. The monoisotopic (exact) mass is 383 g/mol. The standard InChI is InChI=1S/C17H14BrN5O/c18-14-7-5-13(6-8-14)17-19-21-23(20-17)11-16(24)22-10-9-12-3-1-2-4-15(12)22/h1-8H,9-11H2. The van der Waals surface area contributed by atoms with E-state index in [1.54, 1.807) is 4.90 Å². The normalized spacial score (nSPS) is 13.1. The summed E-state index contributed by atoms with van der Waals surface area (Å²) in [6.07, 6.45) is 0.886. The van der Waals surface area contributed by atoms with Gasteiger partial charge in [0.2, 0.25) is 5.82 Å². The first-order valence-corrected chi connectivity index (χ1v) is 8.42. The summed E-state index contributed by atoms with van der Waals surface area (Å²) >= 11 is 3.40. The number of para-hydroxylation sites is 1. The summed E-state index contributed by atoms with van der Waals surface area (Å²) in [5.41, 5.74) is 3.05. The molecule has 1 aromatic heterocycles. The fourth-order valence-electron chi connectivity index (χ4n) is 2.83. The van der Waals surface area contributed by atoms with Gasteiger partial charge in [-0.2, -0.15) is 4.80 Å². The maximum Gasteiger partial charge on any atom is 0.250 e. The Kier molecular flexibility index (Phi) is 3.86. The molecular formula is C17H14BrN5O. The van der Waals surface area contributed by atoms with Crippen molar-refractivity contribution in [2.75, 3.05) is 11.4 Å². The molecule has 0 bridgehead atoms. The zero-order valence-electron chi connectivity index (χ0n) is 12.8. The third-order valence-corrected chi connectivity index (χ3v) is 4.55. The van der Waals surface area contributed by atoms with Crippen LogP contribution in [0.2, 0.25) is 0 Å². The van der Waals surface area contributed by atoms with Gasteiger partial charge in [-0.15, -0.1) is 10.2 Å². The molecule has 0 atom stereocenters. The number of hydrogen-bond donors (Lipinski definition) is 0. The smallest absolute Gasteiger partial charge is 0.250 e. The van der Waals surface area contributed by atoms with E-state index in [0.29, 0.717) is 12.4 Å². The van der Waals surface area contributed by atoms with E-state index in [9.17, 15) is 4.79 Å². The van der Waals surface area contributed by atoms with Crippen molar-refractivity contribution in [1.82, 2.24) is 20.2 Å². The van der Waals surface area contributed by atoms with Crippen LogP contribution < -0.4 is 4.90 Å². The lowest BCUT2D eigenvalue weighted by Gasteiger charge is -2.16. The fourth-order valence-corrected chi connectivity index (χ4v) is 3.09. The molecule has 120 valence electrons. The summed E-state index contributed by atoms with van der Waals surface area (Å²) in [5, 5.41) is 12.3. The molecular weight excluding hydrogens is 370 g/mol. The Balaban J connectivity index is 1.50. The number of anilines is 1. The van der Waals surface area contributed by atoms with Gasteiger partial charge in [-0.25, -0.2) is 0 Å². The highest BCUT2D eigenvalue weighted by atomic mass is 79.9. The fraction of sp³-hybridized carbons (Fsp3) is 0.176. The maximum absolute atomic E-state index is 12.6. The Labute approximate surface area is 147 Å². The Bertz CT molecular complexity index is 890. The van der Waals surface area contributed by atoms with Crippen LogP contribution in [0.5, 0.6) is 0 Å². The Morgan fingerprint density at radius 2 is 1.92 bits per heavy atom. The molecule has 0 aliphatic carbocycles. The second-order valence-corrected chi connectivity index (χ2v) is 6.49. The molecule has 1 aliphatic heterocycles. The lowest BCUT2D eigenvalue weighted by atomic mass is 10.2. The number of aromatic nitrogens is 4. The molecule has 7 heteroatoms. The second kappa shape index (κ2) is 6.16. The molecule has 2 heterocycles. The Hall–Kier alpha value is -2.54. The van der Waals surface area contributed by atoms with Gasteiger partial charge in [0.25, 0.3) is 5.91 Å². The number of benzene rings is 2. The van der Waals surface area contributed by atoms with Gasteiger partial charge in [0.15, 0.2) is 0 Å². The summed E-state index contributed by atoms with van der Waals surface area (Å²) in [6, 6.07) is 15.6. The molecule has 0 saturated heterocycles. The van der Waals surface area contributed by atoms with Gasteiger partial charge in [0.05, 0.1) is 0 Å². The second-order valence-electron chi connectivity index (χ2n) is 5.57. The van der Waals surface area contributed by atoms with Crippen molar-refractivity contribution in [1.29, 1.82) is 0 Å². The number of fused-ring (bicyclic) bond motifs is 1. The molecule has 1 amide bonds. The topological polar surface area (TPSA) is 63.9 Å². The van der Waals surface area contributed by atoms with Crippen LogP contribution in [0.1, 0.15) is 5.56 Å². The number of nitrogens with zero attached hydrogens (tertiary/aromatic N) is 5. The minimum absolute atomic E-state index is 0.0280. The third-order valence-electron chi connectivity index (χ3n) is 4.02. The average molecular weight is 384 g/mol. The van der Waals surface area contributed by atoms with Crippen LogP contribution >= 0.6 is 15.9 Å². The highest BCUT2D eigenvalue weighted by Gasteiger charge is 2.24. The molecule has 0 unspecified atom stereocenters.